The van der Waals surface area contributed by atoms with Crippen LogP contribution in [-0.4, -0.2) is 46.1 Å². The number of rotatable bonds is 2. The summed E-state index contributed by atoms with van der Waals surface area (Å²) in [4.78, 5) is 18.8. The van der Waals surface area contributed by atoms with Crippen LogP contribution in [0.25, 0.3) is 22.2 Å². The predicted molar refractivity (Wildman–Crippen MR) is 98.5 cm³/mol. The van der Waals surface area contributed by atoms with E-state index in [1.54, 1.807) is 6.33 Å². The lowest BCUT2D eigenvalue weighted by Crippen LogP contribution is -2.38. The van der Waals surface area contributed by atoms with Gasteiger partial charge in [0.1, 0.15) is 12.0 Å². The predicted octanol–water partition coefficient (Wildman–Crippen LogP) is 2.60. The second kappa shape index (κ2) is 5.81. The first-order valence-electron chi connectivity index (χ1n) is 9.02. The quantitative estimate of drug-likeness (QED) is 0.754. The summed E-state index contributed by atoms with van der Waals surface area (Å²) in [7, 11) is 0. The van der Waals surface area contributed by atoms with Gasteiger partial charge in [0, 0.05) is 54.7 Å². The van der Waals surface area contributed by atoms with Crippen molar-refractivity contribution in [1.82, 2.24) is 25.3 Å². The maximum Gasteiger partial charge on any atom is 0.139 e. The van der Waals surface area contributed by atoms with E-state index in [0.29, 0.717) is 5.41 Å². The topological polar surface area (TPSA) is 69.7 Å². The SMILES string of the molecule is c1ncc(-c2c[nH]c3nccc(N4CCC5(CCNCC5)C4)c23)cn1. The summed E-state index contributed by atoms with van der Waals surface area (Å²) < 4.78 is 0. The number of hydrogen-bond donors (Lipinski definition) is 2. The molecule has 2 aliphatic rings. The fourth-order valence-electron chi connectivity index (χ4n) is 4.47. The zero-order valence-corrected chi connectivity index (χ0v) is 14.2. The highest BCUT2D eigenvalue weighted by molar-refractivity contribution is 6.02. The van der Waals surface area contributed by atoms with Gasteiger partial charge in [-0.25, -0.2) is 15.0 Å². The summed E-state index contributed by atoms with van der Waals surface area (Å²) in [6, 6.07) is 2.16. The number of fused-ring (bicyclic) bond motifs is 1. The van der Waals surface area contributed by atoms with Gasteiger partial charge in [-0.1, -0.05) is 0 Å². The van der Waals surface area contributed by atoms with Gasteiger partial charge < -0.3 is 15.2 Å². The first-order chi connectivity index (χ1) is 12.3. The maximum absolute atomic E-state index is 4.53. The van der Waals surface area contributed by atoms with Crippen molar-refractivity contribution < 1.29 is 0 Å². The number of aromatic nitrogens is 4. The number of nitrogens with one attached hydrogen (secondary N) is 2. The molecule has 1 spiro atoms. The van der Waals surface area contributed by atoms with Crippen LogP contribution >= 0.6 is 0 Å². The van der Waals surface area contributed by atoms with Gasteiger partial charge in [-0.3, -0.25) is 0 Å². The van der Waals surface area contributed by atoms with Crippen LogP contribution in [0.5, 0.6) is 0 Å². The first kappa shape index (κ1) is 14.8. The molecule has 2 aliphatic heterocycles. The summed E-state index contributed by atoms with van der Waals surface area (Å²) in [6.45, 7) is 4.56. The Morgan fingerprint density at radius 3 is 2.76 bits per heavy atom. The van der Waals surface area contributed by atoms with E-state index < -0.39 is 0 Å². The number of hydrogen-bond acceptors (Lipinski definition) is 5. The molecule has 0 aromatic carbocycles. The van der Waals surface area contributed by atoms with Crippen molar-refractivity contribution in [2.75, 3.05) is 31.1 Å². The Bertz CT molecular complexity index is 881. The number of aromatic amines is 1. The molecule has 5 heterocycles. The Balaban J connectivity index is 1.57. The van der Waals surface area contributed by atoms with Crippen LogP contribution in [0.3, 0.4) is 0 Å². The van der Waals surface area contributed by atoms with Gasteiger partial charge in [-0.15, -0.1) is 0 Å². The molecule has 2 fully saturated rings. The molecule has 0 bridgehead atoms. The Hall–Kier alpha value is -2.47. The van der Waals surface area contributed by atoms with Crippen molar-refractivity contribution in [3.05, 3.63) is 37.2 Å². The second-order valence-corrected chi connectivity index (χ2v) is 7.30. The molecule has 0 aliphatic carbocycles. The van der Waals surface area contributed by atoms with E-state index in [0.717, 1.165) is 43.0 Å². The van der Waals surface area contributed by atoms with Crippen LogP contribution in [0.4, 0.5) is 5.69 Å². The van der Waals surface area contributed by atoms with Crippen molar-refractivity contribution in [2.24, 2.45) is 5.41 Å². The monoisotopic (exact) mass is 334 g/mol. The van der Waals surface area contributed by atoms with Gasteiger partial charge >= 0.3 is 0 Å². The van der Waals surface area contributed by atoms with Crippen molar-refractivity contribution >= 4 is 16.7 Å². The highest BCUT2D eigenvalue weighted by Gasteiger charge is 2.39. The third-order valence-electron chi connectivity index (χ3n) is 5.87. The van der Waals surface area contributed by atoms with E-state index in [9.17, 15) is 0 Å². The van der Waals surface area contributed by atoms with Gasteiger partial charge in [0.05, 0.1) is 5.39 Å². The zero-order valence-electron chi connectivity index (χ0n) is 14.2. The Kier molecular flexibility index (Phi) is 3.45. The molecule has 3 aromatic heterocycles. The van der Waals surface area contributed by atoms with Crippen LogP contribution < -0.4 is 10.2 Å². The molecule has 25 heavy (non-hydrogen) atoms. The Morgan fingerprint density at radius 2 is 1.92 bits per heavy atom. The maximum atomic E-state index is 4.53. The van der Waals surface area contributed by atoms with Crippen LogP contribution in [-0.2, 0) is 0 Å². The van der Waals surface area contributed by atoms with E-state index in [1.807, 2.05) is 24.8 Å². The van der Waals surface area contributed by atoms with E-state index in [4.69, 9.17) is 0 Å². The number of nitrogens with zero attached hydrogens (tertiary/aromatic N) is 4. The second-order valence-electron chi connectivity index (χ2n) is 7.30. The molecule has 0 atom stereocenters. The molecule has 6 heteroatoms. The number of anilines is 1. The lowest BCUT2D eigenvalue weighted by Gasteiger charge is -2.34. The molecule has 0 saturated carbocycles. The summed E-state index contributed by atoms with van der Waals surface area (Å²) in [5.41, 5.74) is 4.85. The van der Waals surface area contributed by atoms with Crippen LogP contribution in [0.2, 0.25) is 0 Å². The smallest absolute Gasteiger partial charge is 0.139 e. The third kappa shape index (κ3) is 2.48. The van der Waals surface area contributed by atoms with E-state index in [2.05, 4.69) is 36.2 Å². The molecule has 0 radical (unpaired) electrons. The van der Waals surface area contributed by atoms with Crippen molar-refractivity contribution in [1.29, 1.82) is 0 Å². The summed E-state index contributed by atoms with van der Waals surface area (Å²) in [5, 5.41) is 4.68. The van der Waals surface area contributed by atoms with Gasteiger partial charge in [-0.2, -0.15) is 0 Å². The average Bonchev–Trinajstić information content (AvgIpc) is 3.28. The molecule has 2 N–H and O–H groups in total. The van der Waals surface area contributed by atoms with Gasteiger partial charge in [0.25, 0.3) is 0 Å². The van der Waals surface area contributed by atoms with Crippen molar-refractivity contribution in [2.45, 2.75) is 19.3 Å². The summed E-state index contributed by atoms with van der Waals surface area (Å²) in [6.07, 6.45) is 13.1. The highest BCUT2D eigenvalue weighted by Crippen LogP contribution is 2.43. The lowest BCUT2D eigenvalue weighted by molar-refractivity contribution is 0.232. The summed E-state index contributed by atoms with van der Waals surface area (Å²) in [5.74, 6) is 0. The standard InChI is InChI=1S/C19H22N6/c1-5-23-18-17(15(11-24-18)14-9-21-13-22-10-14)16(1)25-8-4-19(12-25)2-6-20-7-3-19/h1,5,9-11,13,20H,2-4,6-8,12H2,(H,23,24). The van der Waals surface area contributed by atoms with Crippen LogP contribution in [0, 0.1) is 5.41 Å². The van der Waals surface area contributed by atoms with E-state index in [1.165, 1.54) is 30.3 Å². The highest BCUT2D eigenvalue weighted by atomic mass is 15.2. The summed E-state index contributed by atoms with van der Waals surface area (Å²) >= 11 is 0. The molecule has 0 unspecified atom stereocenters. The molecular weight excluding hydrogens is 312 g/mol. The molecule has 2 saturated heterocycles. The Labute approximate surface area is 146 Å². The minimum atomic E-state index is 0.479. The normalized spacial score (nSPS) is 19.8. The zero-order chi connectivity index (χ0) is 16.7. The lowest BCUT2D eigenvalue weighted by atomic mass is 9.78. The molecule has 128 valence electrons. The third-order valence-corrected chi connectivity index (χ3v) is 5.87. The molecule has 6 nitrogen and oxygen atoms in total. The first-order valence-corrected chi connectivity index (χ1v) is 9.02. The minimum Gasteiger partial charge on any atom is -0.370 e. The minimum absolute atomic E-state index is 0.479. The van der Waals surface area contributed by atoms with Crippen LogP contribution in [0.15, 0.2) is 37.2 Å². The fourth-order valence-corrected chi connectivity index (χ4v) is 4.47. The fraction of sp³-hybridized carbons (Fsp3) is 0.421. The molecule has 0 amide bonds. The van der Waals surface area contributed by atoms with E-state index >= 15 is 0 Å². The number of piperidine rings is 1. The number of pyridine rings is 1. The van der Waals surface area contributed by atoms with Gasteiger partial charge in [0.15, 0.2) is 0 Å². The van der Waals surface area contributed by atoms with Crippen molar-refractivity contribution in [3.63, 3.8) is 0 Å². The van der Waals surface area contributed by atoms with E-state index in [-0.39, 0.29) is 0 Å². The molecular formula is C19H22N6. The van der Waals surface area contributed by atoms with Gasteiger partial charge in [0.2, 0.25) is 0 Å². The Morgan fingerprint density at radius 1 is 1.08 bits per heavy atom. The number of H-pyrrole nitrogens is 1. The molecule has 5 rings (SSSR count). The van der Waals surface area contributed by atoms with Gasteiger partial charge in [-0.05, 0) is 43.8 Å². The largest absolute Gasteiger partial charge is 0.370 e. The molecule has 3 aromatic rings. The van der Waals surface area contributed by atoms with Crippen molar-refractivity contribution in [3.8, 4) is 11.1 Å². The van der Waals surface area contributed by atoms with Crippen LogP contribution in [0.1, 0.15) is 19.3 Å². The average molecular weight is 334 g/mol.